The molecule has 2 aromatic carbocycles. The molecule has 0 unspecified atom stereocenters. The lowest BCUT2D eigenvalue weighted by atomic mass is 10.2. The van der Waals surface area contributed by atoms with Crippen LogP contribution in [0.1, 0.15) is 16.7 Å². The van der Waals surface area contributed by atoms with Crippen molar-refractivity contribution in [3.05, 3.63) is 71.3 Å². The fourth-order valence-corrected chi connectivity index (χ4v) is 5.37. The molecule has 0 bridgehead atoms. The Bertz CT molecular complexity index is 1120. The Balaban J connectivity index is 1.52. The molecule has 10 heteroatoms. The van der Waals surface area contributed by atoms with Gasteiger partial charge in [0.1, 0.15) is 5.75 Å². The van der Waals surface area contributed by atoms with Gasteiger partial charge in [0.05, 0.1) is 17.4 Å². The van der Waals surface area contributed by atoms with Crippen molar-refractivity contribution in [2.45, 2.75) is 15.8 Å². The molecule has 0 fully saturated rings. The first-order chi connectivity index (χ1) is 13.9. The Morgan fingerprint density at radius 3 is 2.48 bits per heavy atom. The molecule has 1 aromatic heterocycles. The normalized spacial score (nSPS) is 11.0. The lowest BCUT2D eigenvalue weighted by Gasteiger charge is -2.04. The number of nitriles is 1. The topological polar surface area (TPSA) is 113 Å². The molecule has 0 aliphatic rings. The van der Waals surface area contributed by atoms with E-state index in [9.17, 15) is 13.2 Å². The van der Waals surface area contributed by atoms with E-state index in [4.69, 9.17) is 5.26 Å². The summed E-state index contributed by atoms with van der Waals surface area (Å²) in [5, 5.41) is 19.4. The summed E-state index contributed by atoms with van der Waals surface area (Å²) >= 11 is 2.69. The van der Waals surface area contributed by atoms with Gasteiger partial charge in [-0.05, 0) is 23.3 Å². The van der Waals surface area contributed by atoms with Crippen LogP contribution in [0.4, 0.5) is 5.13 Å². The molecule has 148 valence electrons. The second kappa shape index (κ2) is 9.65. The maximum atomic E-state index is 12.3. The van der Waals surface area contributed by atoms with Crippen LogP contribution in [0, 0.1) is 11.3 Å². The number of nitrogens with zero attached hydrogens (tertiary/aromatic N) is 3. The first kappa shape index (κ1) is 21.0. The molecular formula is C19H16N4O3S3. The van der Waals surface area contributed by atoms with Crippen LogP contribution < -0.4 is 5.32 Å². The SMILES string of the molecule is N#Cc1ccc(CS(=O)(=O)CC(=O)Nc2nnc(SCc3ccccc3)s2)cc1. The molecule has 0 saturated heterocycles. The highest BCUT2D eigenvalue weighted by molar-refractivity contribution is 8.00. The molecule has 0 saturated carbocycles. The van der Waals surface area contributed by atoms with E-state index in [1.807, 2.05) is 36.4 Å². The average Bonchev–Trinajstić information content (AvgIpc) is 3.14. The first-order valence-electron chi connectivity index (χ1n) is 8.43. The summed E-state index contributed by atoms with van der Waals surface area (Å²) in [6.07, 6.45) is 0. The van der Waals surface area contributed by atoms with Gasteiger partial charge in [-0.25, -0.2) is 8.42 Å². The highest BCUT2D eigenvalue weighted by Crippen LogP contribution is 2.28. The minimum atomic E-state index is -3.66. The van der Waals surface area contributed by atoms with Crippen LogP contribution in [0.5, 0.6) is 0 Å². The number of benzene rings is 2. The molecular weight excluding hydrogens is 428 g/mol. The van der Waals surface area contributed by atoms with Crippen LogP contribution in [0.2, 0.25) is 0 Å². The third kappa shape index (κ3) is 6.67. The largest absolute Gasteiger partial charge is 0.300 e. The van der Waals surface area contributed by atoms with Crippen molar-refractivity contribution >= 4 is 44.0 Å². The number of nitrogens with one attached hydrogen (secondary N) is 1. The third-order valence-corrected chi connectivity index (χ3v) is 7.20. The summed E-state index contributed by atoms with van der Waals surface area (Å²) < 4.78 is 25.2. The summed E-state index contributed by atoms with van der Waals surface area (Å²) in [5.74, 6) is -0.864. The summed E-state index contributed by atoms with van der Waals surface area (Å²) in [5.41, 5.74) is 2.11. The molecule has 29 heavy (non-hydrogen) atoms. The van der Waals surface area contributed by atoms with Crippen molar-refractivity contribution in [1.29, 1.82) is 5.26 Å². The van der Waals surface area contributed by atoms with E-state index < -0.39 is 21.5 Å². The van der Waals surface area contributed by atoms with Crippen LogP contribution in [-0.4, -0.2) is 30.3 Å². The van der Waals surface area contributed by atoms with Gasteiger partial charge in [0, 0.05) is 5.75 Å². The quantitative estimate of drug-likeness (QED) is 0.419. The molecule has 3 aromatic rings. The van der Waals surface area contributed by atoms with Crippen molar-refractivity contribution in [2.24, 2.45) is 0 Å². The Kier molecular flexibility index (Phi) is 6.98. The van der Waals surface area contributed by atoms with Gasteiger partial charge in [-0.15, -0.1) is 10.2 Å². The number of aromatic nitrogens is 2. The molecule has 7 nitrogen and oxygen atoms in total. The van der Waals surface area contributed by atoms with Gasteiger partial charge in [-0.1, -0.05) is 65.6 Å². The first-order valence-corrected chi connectivity index (χ1v) is 12.1. The van der Waals surface area contributed by atoms with Crippen molar-refractivity contribution in [3.63, 3.8) is 0 Å². The Morgan fingerprint density at radius 2 is 1.79 bits per heavy atom. The van der Waals surface area contributed by atoms with Gasteiger partial charge in [-0.3, -0.25) is 10.1 Å². The standard InChI is InChI=1S/C19H16N4O3S3/c20-10-14-6-8-16(9-7-14)12-29(25,26)13-17(24)21-18-22-23-19(28-18)27-11-15-4-2-1-3-5-15/h1-9H,11-13H2,(H,21,22,24). The molecule has 1 heterocycles. The highest BCUT2D eigenvalue weighted by atomic mass is 32.2. The lowest BCUT2D eigenvalue weighted by Crippen LogP contribution is -2.23. The predicted molar refractivity (Wildman–Crippen MR) is 113 cm³/mol. The van der Waals surface area contributed by atoms with Crippen LogP contribution >= 0.6 is 23.1 Å². The minimum absolute atomic E-state index is 0.263. The minimum Gasteiger partial charge on any atom is -0.300 e. The van der Waals surface area contributed by atoms with Crippen molar-refractivity contribution in [2.75, 3.05) is 11.1 Å². The number of carbonyl (C=O) groups excluding carboxylic acids is 1. The number of hydrogen-bond acceptors (Lipinski definition) is 8. The van der Waals surface area contributed by atoms with Crippen LogP contribution in [-0.2, 0) is 26.1 Å². The smallest absolute Gasteiger partial charge is 0.241 e. The van der Waals surface area contributed by atoms with E-state index in [2.05, 4.69) is 15.5 Å². The van der Waals surface area contributed by atoms with Crippen molar-refractivity contribution in [3.8, 4) is 6.07 Å². The molecule has 0 spiro atoms. The van der Waals surface area contributed by atoms with Gasteiger partial charge in [0.15, 0.2) is 14.2 Å². The predicted octanol–water partition coefficient (Wildman–Crippen LogP) is 3.26. The average molecular weight is 445 g/mol. The number of carbonyl (C=O) groups is 1. The van der Waals surface area contributed by atoms with Crippen LogP contribution in [0.25, 0.3) is 0 Å². The fourth-order valence-electron chi connectivity index (χ4n) is 2.37. The molecule has 1 N–H and O–H groups in total. The summed E-state index contributed by atoms with van der Waals surface area (Å²) in [6, 6.07) is 18.1. The number of hydrogen-bond donors (Lipinski definition) is 1. The zero-order valence-corrected chi connectivity index (χ0v) is 17.6. The third-order valence-electron chi connectivity index (χ3n) is 3.68. The van der Waals surface area contributed by atoms with Gasteiger partial charge < -0.3 is 0 Å². The zero-order chi connectivity index (χ0) is 20.7. The van der Waals surface area contributed by atoms with Gasteiger partial charge in [0.25, 0.3) is 0 Å². The van der Waals surface area contributed by atoms with E-state index in [0.717, 1.165) is 11.3 Å². The number of anilines is 1. The maximum Gasteiger partial charge on any atom is 0.241 e. The van der Waals surface area contributed by atoms with Crippen molar-refractivity contribution < 1.29 is 13.2 Å². The van der Waals surface area contributed by atoms with E-state index in [0.29, 0.717) is 15.5 Å². The highest BCUT2D eigenvalue weighted by Gasteiger charge is 2.19. The second-order valence-corrected chi connectivity index (χ2v) is 10.3. The Morgan fingerprint density at radius 1 is 1.07 bits per heavy atom. The van der Waals surface area contributed by atoms with E-state index in [1.54, 1.807) is 24.3 Å². The summed E-state index contributed by atoms with van der Waals surface area (Å²) in [6.45, 7) is 0. The number of sulfone groups is 1. The number of rotatable bonds is 8. The van der Waals surface area contributed by atoms with Gasteiger partial charge in [0.2, 0.25) is 11.0 Å². The number of thioether (sulfide) groups is 1. The van der Waals surface area contributed by atoms with Gasteiger partial charge >= 0.3 is 0 Å². The molecule has 0 aliphatic heterocycles. The lowest BCUT2D eigenvalue weighted by molar-refractivity contribution is -0.113. The van der Waals surface area contributed by atoms with E-state index >= 15 is 0 Å². The number of amides is 1. The summed E-state index contributed by atoms with van der Waals surface area (Å²) in [7, 11) is -3.66. The molecule has 1 amide bonds. The van der Waals surface area contributed by atoms with E-state index in [-0.39, 0.29) is 10.9 Å². The summed E-state index contributed by atoms with van der Waals surface area (Å²) in [4.78, 5) is 12.1. The Hall–Kier alpha value is -2.74. The maximum absolute atomic E-state index is 12.3. The molecule has 0 atom stereocenters. The van der Waals surface area contributed by atoms with E-state index in [1.165, 1.54) is 23.1 Å². The van der Waals surface area contributed by atoms with Crippen LogP contribution in [0.15, 0.2) is 58.9 Å². The zero-order valence-electron chi connectivity index (χ0n) is 15.1. The monoisotopic (exact) mass is 444 g/mol. The van der Waals surface area contributed by atoms with Crippen LogP contribution in [0.3, 0.4) is 0 Å². The molecule has 0 aliphatic carbocycles. The molecule has 3 rings (SSSR count). The van der Waals surface area contributed by atoms with Crippen molar-refractivity contribution in [1.82, 2.24) is 10.2 Å². The van der Waals surface area contributed by atoms with Gasteiger partial charge in [-0.2, -0.15) is 5.26 Å². The second-order valence-electron chi connectivity index (χ2n) is 6.04. The molecule has 0 radical (unpaired) electrons. The Labute approximate surface area is 176 Å². The fraction of sp³-hybridized carbons (Fsp3) is 0.158.